The van der Waals surface area contributed by atoms with Crippen LogP contribution in [0.1, 0.15) is 34.0 Å². The number of hydrogen-bond acceptors (Lipinski definition) is 8. The number of benzene rings is 4. The topological polar surface area (TPSA) is 123 Å². The van der Waals surface area contributed by atoms with Crippen molar-refractivity contribution >= 4 is 57.5 Å². The maximum atomic E-state index is 14.0. The second-order valence-electron chi connectivity index (χ2n) is 9.94. The minimum Gasteiger partial charge on any atom is -1.00 e. The number of oxazole rings is 2. The van der Waals surface area contributed by atoms with Gasteiger partial charge in [0.2, 0.25) is 11.8 Å². The molecule has 0 saturated heterocycles. The molecule has 0 fully saturated rings. The molecule has 2 aliphatic heterocycles. The first-order valence-corrected chi connectivity index (χ1v) is 13.3. The molecule has 8 nitrogen and oxygen atoms in total. The van der Waals surface area contributed by atoms with Crippen LogP contribution in [0, 0.1) is 46.5 Å². The van der Waals surface area contributed by atoms with Crippen molar-refractivity contribution in [1.82, 2.24) is 9.97 Å². The number of para-hydroxylation sites is 4. The molecular weight excluding hydrogens is 858 g/mol. The van der Waals surface area contributed by atoms with Crippen LogP contribution in [0.5, 0.6) is 0 Å². The van der Waals surface area contributed by atoms with Gasteiger partial charge in [-0.3, -0.25) is 9.98 Å². The van der Waals surface area contributed by atoms with Crippen molar-refractivity contribution in [2.45, 2.75) is 0 Å². The molecule has 0 atom stereocenters. The van der Waals surface area contributed by atoms with E-state index < -0.39 is 92.0 Å². The molecule has 4 aromatic carbocycles. The van der Waals surface area contributed by atoms with Crippen molar-refractivity contribution < 1.29 is 118 Å². The number of nitrogens with zero attached hydrogens (tertiary/aromatic N) is 4. The maximum absolute atomic E-state index is 14.0. The van der Waals surface area contributed by atoms with E-state index >= 15 is 0 Å². The largest absolute Gasteiger partial charge is 2.00 e. The zero-order valence-electron chi connectivity index (χ0n) is 25.4. The molecule has 2 aliphatic rings. The summed E-state index contributed by atoms with van der Waals surface area (Å²) in [5, 5.41) is 23.4. The van der Waals surface area contributed by atoms with Crippen molar-refractivity contribution in [3.8, 4) is 0 Å². The average molecular weight is 868 g/mol. The molecule has 6 aromatic rings. The summed E-state index contributed by atoms with van der Waals surface area (Å²) < 4.78 is 120. The Morgan fingerprint density at radius 3 is 1.10 bits per heavy atom. The summed E-state index contributed by atoms with van der Waals surface area (Å²) in [5.41, 5.74) is -2.36. The van der Waals surface area contributed by atoms with Crippen LogP contribution < -0.4 is 35.0 Å². The van der Waals surface area contributed by atoms with Crippen LogP contribution in [0.3, 0.4) is 0 Å². The van der Waals surface area contributed by atoms with Gasteiger partial charge in [0, 0.05) is 23.3 Å². The van der Waals surface area contributed by atoms with Gasteiger partial charge in [-0.2, -0.15) is 0 Å². The van der Waals surface area contributed by atoms with Gasteiger partial charge < -0.3 is 43.9 Å². The minimum absolute atomic E-state index is 0. The molecule has 256 valence electrons. The molecule has 0 bridgehead atoms. The molecule has 0 unspecified atom stereocenters. The van der Waals surface area contributed by atoms with Gasteiger partial charge in [-0.05, 0) is 36.1 Å². The van der Waals surface area contributed by atoms with Crippen molar-refractivity contribution in [2.24, 2.45) is 9.98 Å². The molecule has 0 spiro atoms. The average Bonchev–Trinajstić information content (AvgIpc) is 3.83. The Labute approximate surface area is 323 Å². The first kappa shape index (κ1) is 41.9. The van der Waals surface area contributed by atoms with Crippen molar-refractivity contribution in [3.05, 3.63) is 129 Å². The van der Waals surface area contributed by atoms with Crippen LogP contribution in [0.4, 0.5) is 35.1 Å². The van der Waals surface area contributed by atoms with E-state index in [4.69, 9.17) is 8.83 Å². The molecule has 20 heteroatoms. The predicted molar refractivity (Wildman–Crippen MR) is 149 cm³/mol. The van der Waals surface area contributed by atoms with E-state index in [1.807, 2.05) is 0 Å². The van der Waals surface area contributed by atoms with Gasteiger partial charge in [-0.25, -0.2) is 45.1 Å². The first-order chi connectivity index (χ1) is 22.9. The van der Waals surface area contributed by atoms with Gasteiger partial charge in [0.05, 0.1) is 22.5 Å². The molecule has 4 heterocycles. The van der Waals surface area contributed by atoms with Gasteiger partial charge in [0.25, 0.3) is 0 Å². The quantitative estimate of drug-likeness (QED) is 0.105. The van der Waals surface area contributed by atoms with Crippen LogP contribution in [0.15, 0.2) is 67.4 Å². The molecule has 0 amide bonds. The minimum atomic E-state index is -2.06. The van der Waals surface area contributed by atoms with Gasteiger partial charge in [-0.15, -0.1) is 0 Å². The van der Waals surface area contributed by atoms with Crippen molar-refractivity contribution in [2.75, 3.05) is 0 Å². The third-order valence-electron chi connectivity index (χ3n) is 7.06. The standard InChI is InChI=1S/2C16H6F4N2O2.2ClH.2Zn/c2*17-12-10-7(5-9-21-6-3-1-2-4-8(6)24-9)22-16(23)11(10)13(18)15(20)14(12)19;;;;/h2*1-5H,(H,22,23);2*1H;;/q;;;;2*+2/p-4/b2*7-5-;;;;. The Hall–Kier alpha value is -4.49. The molecule has 0 radical (unpaired) electrons. The number of fused-ring (bicyclic) bond motifs is 4. The fraction of sp³-hybridized carbons (Fsp3) is 0. The summed E-state index contributed by atoms with van der Waals surface area (Å²) in [6, 6.07) is 13.4. The Morgan fingerprint density at radius 1 is 0.462 bits per heavy atom. The van der Waals surface area contributed by atoms with Crippen LogP contribution in [0.25, 0.3) is 45.7 Å². The van der Waals surface area contributed by atoms with E-state index in [0.29, 0.717) is 22.2 Å². The van der Waals surface area contributed by atoms with E-state index in [0.717, 1.165) is 12.2 Å². The molecule has 0 N–H and O–H groups in total. The van der Waals surface area contributed by atoms with E-state index in [1.165, 1.54) is 0 Å². The number of aromatic nitrogens is 2. The number of hydrogen-bond donors (Lipinski definition) is 0. The zero-order valence-corrected chi connectivity index (χ0v) is 32.8. The van der Waals surface area contributed by atoms with Gasteiger partial charge in [-0.1, -0.05) is 24.3 Å². The summed E-state index contributed by atoms with van der Waals surface area (Å²) in [7, 11) is 0. The fourth-order valence-electron chi connectivity index (χ4n) is 4.93. The van der Waals surface area contributed by atoms with Crippen molar-refractivity contribution in [1.29, 1.82) is 0 Å². The van der Waals surface area contributed by atoms with Gasteiger partial charge >= 0.3 is 39.0 Å². The summed E-state index contributed by atoms with van der Waals surface area (Å²) in [5.74, 6) is -17.6. The number of aliphatic imine (C=N–C) groups is 2. The fourth-order valence-corrected chi connectivity index (χ4v) is 4.93. The summed E-state index contributed by atoms with van der Waals surface area (Å²) in [4.78, 5) is 15.0. The SMILES string of the molecule is [Cl-].[Cl-].[O-]C1=N/C(=C\c2nc3ccccc3o2)c2c(F)c(F)c(F)c(F)c21.[O-]C1=N/C(=C\c2nc3ccccc3o2)c2c(F)c(F)c(F)c(F)c21.[Zn+2].[Zn+2]. The summed E-state index contributed by atoms with van der Waals surface area (Å²) in [6.07, 6.45) is 2.12. The van der Waals surface area contributed by atoms with Gasteiger partial charge in [0.15, 0.2) is 57.7 Å². The Morgan fingerprint density at radius 2 is 0.769 bits per heavy atom. The molecule has 2 aromatic heterocycles. The maximum Gasteiger partial charge on any atom is 2.00 e. The van der Waals surface area contributed by atoms with E-state index in [9.17, 15) is 45.3 Å². The molecular formula is C32H10Cl2F8N4O4Zn2. The Bertz CT molecular complexity index is 2270. The van der Waals surface area contributed by atoms with E-state index in [1.54, 1.807) is 48.5 Å². The van der Waals surface area contributed by atoms with E-state index in [-0.39, 0.29) is 75.6 Å². The van der Waals surface area contributed by atoms with Crippen LogP contribution >= 0.6 is 0 Å². The molecule has 8 rings (SSSR count). The van der Waals surface area contributed by atoms with Gasteiger partial charge in [0.1, 0.15) is 11.0 Å². The zero-order chi connectivity index (χ0) is 34.0. The number of rotatable bonds is 2. The Balaban J connectivity index is 0.000000260. The van der Waals surface area contributed by atoms with Crippen LogP contribution in [-0.4, -0.2) is 21.8 Å². The third kappa shape index (κ3) is 7.00. The number of halogens is 10. The van der Waals surface area contributed by atoms with Crippen LogP contribution in [-0.2, 0) is 39.0 Å². The van der Waals surface area contributed by atoms with E-state index in [2.05, 4.69) is 20.0 Å². The Kier molecular flexibility index (Phi) is 12.9. The second-order valence-corrected chi connectivity index (χ2v) is 9.94. The smallest absolute Gasteiger partial charge is 1.00 e. The van der Waals surface area contributed by atoms with Crippen LogP contribution in [0.2, 0.25) is 0 Å². The molecule has 0 saturated carbocycles. The summed E-state index contributed by atoms with van der Waals surface area (Å²) >= 11 is 0. The predicted octanol–water partition coefficient (Wildman–Crippen LogP) is 0.00860. The molecule has 0 aliphatic carbocycles. The normalized spacial score (nSPS) is 14.0. The third-order valence-corrected chi connectivity index (χ3v) is 7.06. The van der Waals surface area contributed by atoms with Crippen molar-refractivity contribution in [3.63, 3.8) is 0 Å². The first-order valence-electron chi connectivity index (χ1n) is 13.3. The molecule has 52 heavy (non-hydrogen) atoms. The monoisotopic (exact) mass is 864 g/mol. The summed E-state index contributed by atoms with van der Waals surface area (Å²) in [6.45, 7) is 0. The second kappa shape index (κ2) is 16.0.